The molecule has 1 fully saturated rings. The fraction of sp³-hybridized carbons (Fsp3) is 0.471. The van der Waals surface area contributed by atoms with Crippen LogP contribution in [0.5, 0.6) is 0 Å². The van der Waals surface area contributed by atoms with Gasteiger partial charge in [-0.3, -0.25) is 9.59 Å². The number of thiazole rings is 1. The predicted molar refractivity (Wildman–Crippen MR) is 105 cm³/mol. The molecule has 1 aliphatic heterocycles. The quantitative estimate of drug-likeness (QED) is 0.722. The molecule has 2 amide bonds. The second-order valence-electron chi connectivity index (χ2n) is 5.80. The molecule has 1 saturated heterocycles. The van der Waals surface area contributed by atoms with Gasteiger partial charge in [0.2, 0.25) is 11.8 Å². The third-order valence-corrected chi connectivity index (χ3v) is 6.47. The van der Waals surface area contributed by atoms with Crippen LogP contribution < -0.4 is 15.5 Å². The van der Waals surface area contributed by atoms with Gasteiger partial charge in [0, 0.05) is 33.6 Å². The van der Waals surface area contributed by atoms with E-state index in [0.717, 1.165) is 33.3 Å². The highest BCUT2D eigenvalue weighted by atomic mass is 32.2. The Kier molecular flexibility index (Phi) is 6.33. The summed E-state index contributed by atoms with van der Waals surface area (Å²) in [5, 5.41) is 4.69. The lowest BCUT2D eigenvalue weighted by atomic mass is 10.2. The number of morpholine rings is 1. The fourth-order valence-electron chi connectivity index (χ4n) is 2.76. The Labute approximate surface area is 160 Å². The number of fused-ring (bicyclic) bond motifs is 1. The van der Waals surface area contributed by atoms with E-state index in [0.29, 0.717) is 13.2 Å². The molecule has 7 nitrogen and oxygen atoms in total. The molecular weight excluding hydrogens is 372 g/mol. The van der Waals surface area contributed by atoms with Crippen molar-refractivity contribution < 1.29 is 14.3 Å². The number of anilines is 1. The first-order chi connectivity index (χ1) is 12.6. The fourth-order valence-corrected chi connectivity index (χ4v) is 5.14. The van der Waals surface area contributed by atoms with Crippen molar-refractivity contribution in [3.8, 4) is 0 Å². The third-order valence-electron chi connectivity index (χ3n) is 4.16. The lowest BCUT2D eigenvalue weighted by Crippen LogP contribution is -2.36. The highest BCUT2D eigenvalue weighted by Crippen LogP contribution is 2.37. The maximum atomic E-state index is 12.1. The largest absolute Gasteiger partial charge is 0.378 e. The van der Waals surface area contributed by atoms with Gasteiger partial charge in [-0.1, -0.05) is 17.8 Å². The van der Waals surface area contributed by atoms with E-state index in [-0.39, 0.29) is 18.2 Å². The van der Waals surface area contributed by atoms with Crippen LogP contribution in [-0.2, 0) is 14.3 Å². The molecule has 140 valence electrons. The van der Waals surface area contributed by atoms with Crippen LogP contribution in [0.4, 0.5) is 5.69 Å². The first kappa shape index (κ1) is 18.9. The molecule has 0 saturated carbocycles. The van der Waals surface area contributed by atoms with Gasteiger partial charge in [0.1, 0.15) is 5.52 Å². The molecular formula is C17H22N4O3S2. The van der Waals surface area contributed by atoms with Crippen molar-refractivity contribution in [2.45, 2.75) is 16.0 Å². The Morgan fingerprint density at radius 3 is 2.77 bits per heavy atom. The molecule has 9 heteroatoms. The number of hydrogen-bond donors (Lipinski definition) is 2. The Balaban J connectivity index is 1.85. The van der Waals surface area contributed by atoms with Crippen LogP contribution in [0, 0.1) is 0 Å². The first-order valence-corrected chi connectivity index (χ1v) is 10.1. The monoisotopic (exact) mass is 394 g/mol. The number of hydrogen-bond acceptors (Lipinski definition) is 7. The van der Waals surface area contributed by atoms with Gasteiger partial charge in [-0.15, -0.1) is 11.3 Å². The summed E-state index contributed by atoms with van der Waals surface area (Å²) in [7, 11) is 3.15. The summed E-state index contributed by atoms with van der Waals surface area (Å²) in [6, 6.07) is 6.14. The Hall–Kier alpha value is -1.84. The maximum absolute atomic E-state index is 12.1. The van der Waals surface area contributed by atoms with Crippen LogP contribution in [0.2, 0.25) is 0 Å². The third kappa shape index (κ3) is 4.28. The van der Waals surface area contributed by atoms with E-state index in [2.05, 4.69) is 21.6 Å². The molecule has 2 N–H and O–H groups in total. The summed E-state index contributed by atoms with van der Waals surface area (Å²) in [5.41, 5.74) is 2.04. The lowest BCUT2D eigenvalue weighted by molar-refractivity contribution is -0.125. The van der Waals surface area contributed by atoms with E-state index in [9.17, 15) is 9.59 Å². The van der Waals surface area contributed by atoms with Crippen LogP contribution in [-0.4, -0.2) is 62.4 Å². The molecule has 1 aliphatic rings. The second kappa shape index (κ2) is 8.70. The number of para-hydroxylation sites is 1. The number of carbonyl (C=O) groups is 2. The van der Waals surface area contributed by atoms with E-state index in [1.165, 1.54) is 11.8 Å². The topological polar surface area (TPSA) is 83.6 Å². The van der Waals surface area contributed by atoms with Crippen molar-refractivity contribution in [3.05, 3.63) is 18.2 Å². The summed E-state index contributed by atoms with van der Waals surface area (Å²) in [6.45, 7) is 3.12. The van der Waals surface area contributed by atoms with Crippen LogP contribution in [0.3, 0.4) is 0 Å². The maximum Gasteiger partial charge on any atom is 0.233 e. The number of nitrogens with zero attached hydrogens (tertiary/aromatic N) is 2. The van der Waals surface area contributed by atoms with E-state index in [4.69, 9.17) is 9.72 Å². The van der Waals surface area contributed by atoms with Crippen LogP contribution in [0.1, 0.15) is 6.42 Å². The van der Waals surface area contributed by atoms with Gasteiger partial charge < -0.3 is 20.3 Å². The number of benzene rings is 1. The van der Waals surface area contributed by atoms with Gasteiger partial charge in [0.15, 0.2) is 4.34 Å². The van der Waals surface area contributed by atoms with Crippen molar-refractivity contribution in [2.75, 3.05) is 45.3 Å². The SMILES string of the molecule is CNC(=O)CC(Sc1nc2c(N3CCOCC3)cccc2s1)C(=O)NC. The number of rotatable bonds is 6. The van der Waals surface area contributed by atoms with E-state index in [1.54, 1.807) is 25.4 Å². The van der Waals surface area contributed by atoms with Crippen LogP contribution in [0.15, 0.2) is 22.5 Å². The van der Waals surface area contributed by atoms with Gasteiger partial charge >= 0.3 is 0 Å². The summed E-state index contributed by atoms with van der Waals surface area (Å²) in [6.07, 6.45) is 0.118. The zero-order valence-electron chi connectivity index (χ0n) is 14.8. The molecule has 26 heavy (non-hydrogen) atoms. The number of aromatic nitrogens is 1. The standard InChI is InChI=1S/C17H22N4O3S2/c1-18-14(22)10-13(16(23)19-2)26-17-20-15-11(4-3-5-12(15)25-17)21-6-8-24-9-7-21/h3-5,13H,6-10H2,1-2H3,(H,18,22)(H,19,23). The summed E-state index contributed by atoms with van der Waals surface area (Å²) >= 11 is 2.89. The number of thioether (sulfide) groups is 1. The van der Waals surface area contributed by atoms with Crippen molar-refractivity contribution >= 4 is 50.8 Å². The zero-order chi connectivity index (χ0) is 18.5. The van der Waals surface area contributed by atoms with E-state index < -0.39 is 5.25 Å². The van der Waals surface area contributed by atoms with Crippen molar-refractivity contribution in [1.29, 1.82) is 0 Å². The normalized spacial score (nSPS) is 15.7. The number of amides is 2. The van der Waals surface area contributed by atoms with Gasteiger partial charge in [-0.25, -0.2) is 4.98 Å². The van der Waals surface area contributed by atoms with E-state index in [1.807, 2.05) is 12.1 Å². The van der Waals surface area contributed by atoms with Gasteiger partial charge in [-0.2, -0.15) is 0 Å². The van der Waals surface area contributed by atoms with Crippen LogP contribution >= 0.6 is 23.1 Å². The minimum absolute atomic E-state index is 0.118. The summed E-state index contributed by atoms with van der Waals surface area (Å²) in [4.78, 5) is 30.9. The highest BCUT2D eigenvalue weighted by Gasteiger charge is 2.24. The second-order valence-corrected chi connectivity index (χ2v) is 8.28. The smallest absolute Gasteiger partial charge is 0.233 e. The molecule has 2 aromatic rings. The average Bonchev–Trinajstić information content (AvgIpc) is 3.09. The van der Waals surface area contributed by atoms with Crippen LogP contribution in [0.25, 0.3) is 10.2 Å². The molecule has 0 spiro atoms. The number of carbonyl (C=O) groups excluding carboxylic acids is 2. The molecule has 2 heterocycles. The summed E-state index contributed by atoms with van der Waals surface area (Å²) in [5.74, 6) is -0.340. The number of nitrogens with one attached hydrogen (secondary N) is 2. The Morgan fingerprint density at radius 2 is 2.08 bits per heavy atom. The first-order valence-electron chi connectivity index (χ1n) is 8.43. The highest BCUT2D eigenvalue weighted by molar-refractivity contribution is 8.02. The molecule has 1 aromatic carbocycles. The van der Waals surface area contributed by atoms with Gasteiger partial charge in [-0.05, 0) is 12.1 Å². The predicted octanol–water partition coefficient (Wildman–Crippen LogP) is 1.48. The minimum Gasteiger partial charge on any atom is -0.378 e. The summed E-state index contributed by atoms with van der Waals surface area (Å²) < 4.78 is 7.30. The molecule has 3 rings (SSSR count). The zero-order valence-corrected chi connectivity index (χ0v) is 16.4. The molecule has 1 unspecified atom stereocenters. The van der Waals surface area contributed by atoms with Crippen molar-refractivity contribution in [2.24, 2.45) is 0 Å². The van der Waals surface area contributed by atoms with Crippen molar-refractivity contribution in [3.63, 3.8) is 0 Å². The molecule has 0 aliphatic carbocycles. The van der Waals surface area contributed by atoms with E-state index >= 15 is 0 Å². The minimum atomic E-state index is -0.507. The van der Waals surface area contributed by atoms with Gasteiger partial charge in [0.05, 0.1) is 28.9 Å². The lowest BCUT2D eigenvalue weighted by Gasteiger charge is -2.28. The number of ether oxygens (including phenoxy) is 1. The van der Waals surface area contributed by atoms with Crippen molar-refractivity contribution in [1.82, 2.24) is 15.6 Å². The Bertz CT molecular complexity index is 789. The average molecular weight is 395 g/mol. The van der Waals surface area contributed by atoms with Gasteiger partial charge in [0.25, 0.3) is 0 Å². The molecule has 0 bridgehead atoms. The molecule has 0 radical (unpaired) electrons. The Morgan fingerprint density at radius 1 is 1.31 bits per heavy atom. The molecule has 1 atom stereocenters. The molecule has 1 aromatic heterocycles.